The lowest BCUT2D eigenvalue weighted by Gasteiger charge is -2.25. The van der Waals surface area contributed by atoms with Gasteiger partial charge in [-0.1, -0.05) is 6.92 Å². The Bertz CT molecular complexity index is 363. The lowest BCUT2D eigenvalue weighted by Crippen LogP contribution is -2.50. The molecule has 0 radical (unpaired) electrons. The van der Waals surface area contributed by atoms with Gasteiger partial charge >= 0.3 is 12.0 Å². The summed E-state index contributed by atoms with van der Waals surface area (Å²) >= 11 is 1.52. The maximum atomic E-state index is 12.1. The van der Waals surface area contributed by atoms with E-state index in [9.17, 15) is 14.4 Å². The number of rotatable bonds is 9. The Balaban J connectivity index is 4.70. The number of thioether (sulfide) groups is 1. The minimum absolute atomic E-state index is 0.0540. The van der Waals surface area contributed by atoms with Crippen molar-refractivity contribution in [3.8, 4) is 0 Å². The number of aliphatic carboxylic acids is 1. The first-order valence-corrected chi connectivity index (χ1v) is 8.20. The summed E-state index contributed by atoms with van der Waals surface area (Å²) in [5.41, 5.74) is 0. The number of nitrogens with zero attached hydrogens (tertiary/aromatic N) is 2. The SMILES string of the molecule is CCCN(CC(=O)N(C)C)C(=O)N[C@@H](CCSC)C(=O)O. The molecular formula is C13H25N3O4S. The van der Waals surface area contributed by atoms with Crippen LogP contribution in [-0.4, -0.2) is 78.0 Å². The van der Waals surface area contributed by atoms with Gasteiger partial charge in [0.1, 0.15) is 12.6 Å². The molecule has 1 atom stereocenters. The van der Waals surface area contributed by atoms with Gasteiger partial charge in [-0.25, -0.2) is 9.59 Å². The number of amides is 3. The molecule has 0 saturated carbocycles. The first-order chi connectivity index (χ1) is 9.83. The number of hydrogen-bond acceptors (Lipinski definition) is 4. The third-order valence-electron chi connectivity index (χ3n) is 2.81. The van der Waals surface area contributed by atoms with Gasteiger partial charge in [0, 0.05) is 20.6 Å². The Morgan fingerprint density at radius 2 is 1.90 bits per heavy atom. The highest BCUT2D eigenvalue weighted by Gasteiger charge is 2.24. The van der Waals surface area contributed by atoms with E-state index in [-0.39, 0.29) is 12.5 Å². The molecule has 0 saturated heterocycles. The largest absolute Gasteiger partial charge is 0.480 e. The van der Waals surface area contributed by atoms with Crippen molar-refractivity contribution in [1.82, 2.24) is 15.1 Å². The number of carboxylic acids is 1. The van der Waals surface area contributed by atoms with Crippen LogP contribution >= 0.6 is 11.8 Å². The lowest BCUT2D eigenvalue weighted by atomic mass is 10.2. The number of urea groups is 1. The monoisotopic (exact) mass is 319 g/mol. The molecule has 0 spiro atoms. The van der Waals surface area contributed by atoms with E-state index in [0.29, 0.717) is 25.1 Å². The molecule has 0 aromatic carbocycles. The number of carboxylic acid groups (broad SMARTS) is 1. The van der Waals surface area contributed by atoms with Crippen LogP contribution in [-0.2, 0) is 9.59 Å². The zero-order chi connectivity index (χ0) is 16.4. The summed E-state index contributed by atoms with van der Waals surface area (Å²) in [4.78, 5) is 37.7. The van der Waals surface area contributed by atoms with Gasteiger partial charge in [-0.3, -0.25) is 4.79 Å². The number of carbonyl (C=O) groups is 3. The van der Waals surface area contributed by atoms with Crippen LogP contribution in [0.15, 0.2) is 0 Å². The van der Waals surface area contributed by atoms with Crippen LogP contribution in [0.5, 0.6) is 0 Å². The van der Waals surface area contributed by atoms with Gasteiger partial charge in [0.15, 0.2) is 0 Å². The van der Waals surface area contributed by atoms with Crippen molar-refractivity contribution >= 4 is 29.7 Å². The van der Waals surface area contributed by atoms with E-state index in [0.717, 1.165) is 0 Å². The average molecular weight is 319 g/mol. The molecule has 3 amide bonds. The van der Waals surface area contributed by atoms with Crippen molar-refractivity contribution < 1.29 is 19.5 Å². The molecule has 0 aromatic heterocycles. The molecule has 0 fully saturated rings. The Morgan fingerprint density at radius 3 is 2.33 bits per heavy atom. The minimum atomic E-state index is -1.06. The number of hydrogen-bond donors (Lipinski definition) is 2. The van der Waals surface area contributed by atoms with Crippen molar-refractivity contribution in [3.63, 3.8) is 0 Å². The second kappa shape index (κ2) is 10.3. The molecule has 2 N–H and O–H groups in total. The van der Waals surface area contributed by atoms with Crippen molar-refractivity contribution in [3.05, 3.63) is 0 Å². The van der Waals surface area contributed by atoms with E-state index in [1.54, 1.807) is 14.1 Å². The van der Waals surface area contributed by atoms with Gasteiger partial charge < -0.3 is 20.2 Å². The Kier molecular flexibility index (Phi) is 9.60. The first-order valence-electron chi connectivity index (χ1n) is 6.80. The Labute approximate surface area is 130 Å². The van der Waals surface area contributed by atoms with Crippen LogP contribution in [0.25, 0.3) is 0 Å². The van der Waals surface area contributed by atoms with E-state index >= 15 is 0 Å². The summed E-state index contributed by atoms with van der Waals surface area (Å²) in [6, 6.07) is -1.45. The highest BCUT2D eigenvalue weighted by molar-refractivity contribution is 7.98. The van der Waals surface area contributed by atoms with Crippen LogP contribution in [0, 0.1) is 0 Å². The molecule has 0 aliphatic rings. The molecule has 0 rings (SSSR count). The highest BCUT2D eigenvalue weighted by Crippen LogP contribution is 2.03. The molecule has 0 aliphatic heterocycles. The van der Waals surface area contributed by atoms with Crippen LogP contribution in [0.3, 0.4) is 0 Å². The molecular weight excluding hydrogens is 294 g/mol. The molecule has 0 aromatic rings. The van der Waals surface area contributed by atoms with Gasteiger partial charge in [0.05, 0.1) is 0 Å². The Hall–Kier alpha value is -1.44. The number of nitrogens with one attached hydrogen (secondary N) is 1. The quantitative estimate of drug-likeness (QED) is 0.653. The third-order valence-corrected chi connectivity index (χ3v) is 3.46. The maximum Gasteiger partial charge on any atom is 0.326 e. The molecule has 122 valence electrons. The summed E-state index contributed by atoms with van der Waals surface area (Å²) in [5.74, 6) is -0.621. The first kappa shape index (κ1) is 19.6. The molecule has 0 aliphatic carbocycles. The summed E-state index contributed by atoms with van der Waals surface area (Å²) < 4.78 is 0. The third kappa shape index (κ3) is 7.79. The topological polar surface area (TPSA) is 90.0 Å². The fourth-order valence-electron chi connectivity index (χ4n) is 1.56. The smallest absolute Gasteiger partial charge is 0.326 e. The van der Waals surface area contributed by atoms with E-state index in [1.807, 2.05) is 13.2 Å². The zero-order valence-corrected chi connectivity index (χ0v) is 13.9. The molecule has 7 nitrogen and oxygen atoms in total. The van der Waals surface area contributed by atoms with Crippen LogP contribution in [0.1, 0.15) is 19.8 Å². The van der Waals surface area contributed by atoms with Gasteiger partial charge in [-0.05, 0) is 24.9 Å². The molecule has 0 heterocycles. The number of carbonyl (C=O) groups excluding carboxylic acids is 2. The average Bonchev–Trinajstić information content (AvgIpc) is 2.41. The second-order valence-corrected chi connectivity index (χ2v) is 5.82. The maximum absolute atomic E-state index is 12.1. The van der Waals surface area contributed by atoms with Crippen molar-refractivity contribution in [2.75, 3.05) is 39.2 Å². The van der Waals surface area contributed by atoms with E-state index in [4.69, 9.17) is 5.11 Å². The van der Waals surface area contributed by atoms with E-state index in [2.05, 4.69) is 5.32 Å². The van der Waals surface area contributed by atoms with E-state index < -0.39 is 18.0 Å². The predicted molar refractivity (Wildman–Crippen MR) is 83.5 cm³/mol. The second-order valence-electron chi connectivity index (χ2n) is 4.83. The van der Waals surface area contributed by atoms with Crippen molar-refractivity contribution in [2.45, 2.75) is 25.8 Å². The van der Waals surface area contributed by atoms with Crippen LogP contribution in [0.2, 0.25) is 0 Å². The summed E-state index contributed by atoms with van der Waals surface area (Å²) in [7, 11) is 3.23. The number of likely N-dealkylation sites (N-methyl/N-ethyl adjacent to an activating group) is 1. The molecule has 0 unspecified atom stereocenters. The standard InChI is InChI=1S/C13H25N3O4S/c1-5-7-16(9-11(17)15(2)3)13(20)14-10(12(18)19)6-8-21-4/h10H,5-9H2,1-4H3,(H,14,20)(H,18,19)/t10-/m0/s1. The van der Waals surface area contributed by atoms with Gasteiger partial charge in [0.2, 0.25) is 5.91 Å². The fraction of sp³-hybridized carbons (Fsp3) is 0.769. The van der Waals surface area contributed by atoms with E-state index in [1.165, 1.54) is 21.6 Å². The summed E-state index contributed by atoms with van der Waals surface area (Å²) in [6.07, 6.45) is 2.92. The van der Waals surface area contributed by atoms with Gasteiger partial charge in [-0.15, -0.1) is 0 Å². The summed E-state index contributed by atoms with van der Waals surface area (Å²) in [6.45, 7) is 2.24. The van der Waals surface area contributed by atoms with Crippen molar-refractivity contribution in [1.29, 1.82) is 0 Å². The summed E-state index contributed by atoms with van der Waals surface area (Å²) in [5, 5.41) is 11.6. The van der Waals surface area contributed by atoms with Crippen LogP contribution in [0.4, 0.5) is 4.79 Å². The fourth-order valence-corrected chi connectivity index (χ4v) is 2.03. The predicted octanol–water partition coefficient (Wildman–Crippen LogP) is 0.703. The van der Waals surface area contributed by atoms with Gasteiger partial charge in [0.25, 0.3) is 0 Å². The highest BCUT2D eigenvalue weighted by atomic mass is 32.2. The molecule has 8 heteroatoms. The van der Waals surface area contributed by atoms with Crippen molar-refractivity contribution in [2.24, 2.45) is 0 Å². The normalized spacial score (nSPS) is 11.6. The van der Waals surface area contributed by atoms with Gasteiger partial charge in [-0.2, -0.15) is 11.8 Å². The Morgan fingerprint density at radius 1 is 1.29 bits per heavy atom. The molecule has 0 bridgehead atoms. The molecule has 21 heavy (non-hydrogen) atoms. The van der Waals surface area contributed by atoms with Crippen LogP contribution < -0.4 is 5.32 Å². The minimum Gasteiger partial charge on any atom is -0.480 e. The lowest BCUT2D eigenvalue weighted by molar-refractivity contribution is -0.139. The zero-order valence-electron chi connectivity index (χ0n) is 13.1.